The summed E-state index contributed by atoms with van der Waals surface area (Å²) in [6.07, 6.45) is 2.92. The highest BCUT2D eigenvalue weighted by Gasteiger charge is 2.49. The third-order valence-electron chi connectivity index (χ3n) is 4.37. The van der Waals surface area contributed by atoms with Gasteiger partial charge in [-0.05, 0) is 30.9 Å². The van der Waals surface area contributed by atoms with E-state index in [9.17, 15) is 8.42 Å². The Morgan fingerprint density at radius 2 is 1.95 bits per heavy atom. The molecule has 1 heterocycles. The minimum absolute atomic E-state index is 0.0143. The lowest BCUT2D eigenvalue weighted by atomic mass is 10.00. The molecule has 0 bridgehead atoms. The molecule has 22 heavy (non-hydrogen) atoms. The minimum Gasteiger partial charge on any atom is -0.342 e. The van der Waals surface area contributed by atoms with Crippen molar-refractivity contribution in [1.29, 1.82) is 0 Å². The van der Waals surface area contributed by atoms with E-state index in [1.807, 2.05) is 31.2 Å². The average molecular weight is 327 g/mol. The van der Waals surface area contributed by atoms with Crippen LogP contribution in [0.15, 0.2) is 24.3 Å². The zero-order chi connectivity index (χ0) is 15.8. The quantitative estimate of drug-likeness (QED) is 0.828. The van der Waals surface area contributed by atoms with Gasteiger partial charge in [-0.2, -0.15) is 13.1 Å². The molecular formula is C15H21NO5S. The van der Waals surface area contributed by atoms with Crippen LogP contribution in [0, 0.1) is 6.92 Å². The minimum atomic E-state index is -4.25. The van der Waals surface area contributed by atoms with Crippen LogP contribution in [-0.2, 0) is 19.8 Å². The Bertz CT molecular complexity index is 639. The van der Waals surface area contributed by atoms with Gasteiger partial charge in [0.25, 0.3) is 0 Å². The first-order valence-corrected chi connectivity index (χ1v) is 8.96. The number of ether oxygens (including phenoxy) is 2. The summed E-state index contributed by atoms with van der Waals surface area (Å²) in [4.78, 5) is 0. The topological polar surface area (TPSA) is 84.9 Å². The molecule has 0 radical (unpaired) electrons. The molecule has 0 amide bonds. The molecule has 0 aromatic heterocycles. The molecule has 2 fully saturated rings. The van der Waals surface area contributed by atoms with Gasteiger partial charge in [0.15, 0.2) is 5.79 Å². The maximum absolute atomic E-state index is 11.0. The van der Waals surface area contributed by atoms with Gasteiger partial charge in [0.1, 0.15) is 12.2 Å². The summed E-state index contributed by atoms with van der Waals surface area (Å²) in [6.45, 7) is 1.98. The van der Waals surface area contributed by atoms with Crippen LogP contribution in [0.3, 0.4) is 0 Å². The van der Waals surface area contributed by atoms with Gasteiger partial charge in [-0.1, -0.05) is 24.3 Å². The van der Waals surface area contributed by atoms with Crippen LogP contribution in [0.1, 0.15) is 42.9 Å². The van der Waals surface area contributed by atoms with Gasteiger partial charge < -0.3 is 9.47 Å². The lowest BCUT2D eigenvalue weighted by Gasteiger charge is -2.22. The molecule has 1 saturated carbocycles. The van der Waals surface area contributed by atoms with Crippen molar-refractivity contribution in [3.63, 3.8) is 0 Å². The van der Waals surface area contributed by atoms with Crippen molar-refractivity contribution in [2.75, 3.05) is 6.54 Å². The van der Waals surface area contributed by atoms with E-state index in [1.165, 1.54) is 0 Å². The van der Waals surface area contributed by atoms with Gasteiger partial charge in [-0.25, -0.2) is 0 Å². The first kappa shape index (κ1) is 15.9. The first-order valence-electron chi connectivity index (χ1n) is 7.52. The van der Waals surface area contributed by atoms with Crippen molar-refractivity contribution in [2.45, 2.75) is 50.6 Å². The Hall–Kier alpha value is -0.990. The second-order valence-corrected chi connectivity index (χ2v) is 7.23. The highest BCUT2D eigenvalue weighted by atomic mass is 32.2. The van der Waals surface area contributed by atoms with E-state index in [-0.39, 0.29) is 12.6 Å². The first-order chi connectivity index (χ1) is 10.4. The second-order valence-electron chi connectivity index (χ2n) is 5.99. The molecule has 2 aliphatic rings. The Kier molecular flexibility index (Phi) is 4.26. The fourth-order valence-electron chi connectivity index (χ4n) is 3.33. The van der Waals surface area contributed by atoms with E-state index in [2.05, 4.69) is 4.72 Å². The van der Waals surface area contributed by atoms with Gasteiger partial charge in [0.05, 0.1) is 0 Å². The monoisotopic (exact) mass is 327 g/mol. The predicted octanol–water partition coefficient (Wildman–Crippen LogP) is 2.11. The summed E-state index contributed by atoms with van der Waals surface area (Å²) in [5.41, 5.74) is 2.07. The fourth-order valence-corrected chi connectivity index (χ4v) is 3.70. The third-order valence-corrected chi connectivity index (χ3v) is 4.90. The van der Waals surface area contributed by atoms with Gasteiger partial charge in [-0.3, -0.25) is 4.55 Å². The summed E-state index contributed by atoms with van der Waals surface area (Å²) >= 11 is 0. The third kappa shape index (κ3) is 3.33. The van der Waals surface area contributed by atoms with E-state index in [4.69, 9.17) is 14.0 Å². The van der Waals surface area contributed by atoms with Crippen molar-refractivity contribution in [3.05, 3.63) is 35.4 Å². The molecule has 1 aliphatic carbocycles. The summed E-state index contributed by atoms with van der Waals surface area (Å²) in [6, 6.07) is 7.84. The summed E-state index contributed by atoms with van der Waals surface area (Å²) in [5, 5.41) is 0. The van der Waals surface area contributed by atoms with Crippen LogP contribution >= 0.6 is 0 Å². The Labute approximate surface area is 130 Å². The predicted molar refractivity (Wildman–Crippen MR) is 80.6 cm³/mol. The van der Waals surface area contributed by atoms with Crippen molar-refractivity contribution >= 4 is 10.3 Å². The van der Waals surface area contributed by atoms with Crippen LogP contribution in [0.5, 0.6) is 0 Å². The maximum Gasteiger partial charge on any atom is 0.333 e. The van der Waals surface area contributed by atoms with E-state index in [0.717, 1.165) is 36.8 Å². The number of nitrogens with one attached hydrogen (secondary N) is 1. The molecule has 1 spiro atoms. The molecule has 1 aliphatic heterocycles. The van der Waals surface area contributed by atoms with Crippen LogP contribution < -0.4 is 4.72 Å². The van der Waals surface area contributed by atoms with Crippen molar-refractivity contribution in [2.24, 2.45) is 0 Å². The molecule has 1 aromatic carbocycles. The highest BCUT2D eigenvalue weighted by Crippen LogP contribution is 2.47. The summed E-state index contributed by atoms with van der Waals surface area (Å²) in [7, 11) is -4.25. The van der Waals surface area contributed by atoms with Crippen molar-refractivity contribution in [1.82, 2.24) is 4.72 Å². The smallest absolute Gasteiger partial charge is 0.333 e. The zero-order valence-corrected chi connectivity index (χ0v) is 13.3. The lowest BCUT2D eigenvalue weighted by molar-refractivity contribution is -0.169. The van der Waals surface area contributed by atoms with Crippen molar-refractivity contribution in [3.8, 4) is 0 Å². The standard InChI is InChI=1S/C15H21NO5S/c1-11-6-2-3-7-12(11)14-13(10-16-22(17,18)19)20-15(21-14)8-4-5-9-15/h2-3,6-7,13-14,16H,4-5,8-10H2,1H3,(H,17,18,19). The largest absolute Gasteiger partial charge is 0.342 e. The Balaban J connectivity index is 1.85. The molecule has 1 saturated heterocycles. The summed E-state index contributed by atoms with van der Waals surface area (Å²) < 4.78 is 45.2. The van der Waals surface area contributed by atoms with E-state index >= 15 is 0 Å². The van der Waals surface area contributed by atoms with Gasteiger partial charge in [0.2, 0.25) is 0 Å². The second kappa shape index (κ2) is 5.90. The number of rotatable bonds is 4. The van der Waals surface area contributed by atoms with Crippen LogP contribution in [0.4, 0.5) is 0 Å². The average Bonchev–Trinajstić information content (AvgIpc) is 3.04. The molecule has 2 unspecified atom stereocenters. The zero-order valence-electron chi connectivity index (χ0n) is 12.5. The Morgan fingerprint density at radius 1 is 1.27 bits per heavy atom. The normalized spacial score (nSPS) is 27.5. The molecule has 122 valence electrons. The van der Waals surface area contributed by atoms with E-state index in [0.29, 0.717) is 0 Å². The number of aryl methyl sites for hydroxylation is 1. The highest BCUT2D eigenvalue weighted by molar-refractivity contribution is 7.83. The summed E-state index contributed by atoms with van der Waals surface area (Å²) in [5.74, 6) is -0.613. The molecule has 6 nitrogen and oxygen atoms in total. The molecule has 3 rings (SSSR count). The Morgan fingerprint density at radius 3 is 2.59 bits per heavy atom. The van der Waals surface area contributed by atoms with Crippen LogP contribution in [0.25, 0.3) is 0 Å². The molecule has 2 atom stereocenters. The number of hydrogen-bond acceptors (Lipinski definition) is 4. The van der Waals surface area contributed by atoms with Crippen LogP contribution in [-0.4, -0.2) is 31.4 Å². The molecule has 1 aromatic rings. The maximum atomic E-state index is 11.0. The van der Waals surface area contributed by atoms with Crippen LogP contribution in [0.2, 0.25) is 0 Å². The number of hydrogen-bond donors (Lipinski definition) is 2. The van der Waals surface area contributed by atoms with E-state index < -0.39 is 22.2 Å². The van der Waals surface area contributed by atoms with Gasteiger partial charge >= 0.3 is 10.3 Å². The lowest BCUT2D eigenvalue weighted by Crippen LogP contribution is -2.35. The SMILES string of the molecule is Cc1ccccc1C1OC2(CCCC2)OC1CNS(=O)(=O)O. The molecular weight excluding hydrogens is 306 g/mol. The van der Waals surface area contributed by atoms with Gasteiger partial charge in [-0.15, -0.1) is 0 Å². The molecule has 2 N–H and O–H groups in total. The van der Waals surface area contributed by atoms with Gasteiger partial charge in [0, 0.05) is 19.4 Å². The number of benzene rings is 1. The van der Waals surface area contributed by atoms with E-state index in [1.54, 1.807) is 0 Å². The van der Waals surface area contributed by atoms with Crippen molar-refractivity contribution < 1.29 is 22.4 Å². The molecule has 7 heteroatoms. The fraction of sp³-hybridized carbons (Fsp3) is 0.600.